The molecule has 0 spiro atoms. The van der Waals surface area contributed by atoms with E-state index in [4.69, 9.17) is 16.3 Å². The first-order chi connectivity index (χ1) is 10.6. The minimum absolute atomic E-state index is 0.244. The van der Waals surface area contributed by atoms with E-state index in [9.17, 15) is 9.59 Å². The minimum Gasteiger partial charge on any atom is -0.454 e. The van der Waals surface area contributed by atoms with E-state index in [0.717, 1.165) is 19.3 Å². The van der Waals surface area contributed by atoms with Gasteiger partial charge in [0.25, 0.3) is 0 Å². The van der Waals surface area contributed by atoms with Crippen LogP contribution in [0.4, 0.5) is 0 Å². The predicted molar refractivity (Wildman–Crippen MR) is 84.5 cm³/mol. The maximum Gasteiger partial charge on any atom is 0.338 e. The van der Waals surface area contributed by atoms with Gasteiger partial charge in [-0.25, -0.2) is 4.79 Å². The van der Waals surface area contributed by atoms with Gasteiger partial charge in [0.1, 0.15) is 0 Å². The van der Waals surface area contributed by atoms with Gasteiger partial charge in [-0.15, -0.1) is 0 Å². The average Bonchev–Trinajstić information content (AvgIpc) is 3.00. The Balaban J connectivity index is 1.62. The third kappa shape index (κ3) is 3.20. The molecule has 1 aliphatic carbocycles. The van der Waals surface area contributed by atoms with Crippen LogP contribution in [0.15, 0.2) is 42.5 Å². The number of fused-ring (bicyclic) bond motifs is 1. The van der Waals surface area contributed by atoms with Gasteiger partial charge in [-0.1, -0.05) is 17.7 Å². The Morgan fingerprint density at radius 3 is 2.41 bits per heavy atom. The number of Topliss-reactive ketones (excluding diaryl/α,β-unsaturated/α-hetero) is 1. The van der Waals surface area contributed by atoms with Gasteiger partial charge in [0.15, 0.2) is 12.4 Å². The summed E-state index contributed by atoms with van der Waals surface area (Å²) in [7, 11) is 0. The van der Waals surface area contributed by atoms with E-state index < -0.39 is 5.97 Å². The van der Waals surface area contributed by atoms with Crippen molar-refractivity contribution in [3.05, 3.63) is 69.7 Å². The van der Waals surface area contributed by atoms with Crippen LogP contribution in [0.5, 0.6) is 0 Å². The Hall–Kier alpha value is -2.13. The van der Waals surface area contributed by atoms with Gasteiger partial charge in [-0.2, -0.15) is 0 Å². The van der Waals surface area contributed by atoms with Crippen molar-refractivity contribution in [2.45, 2.75) is 19.3 Å². The van der Waals surface area contributed by atoms with E-state index in [2.05, 4.69) is 0 Å². The van der Waals surface area contributed by atoms with Crippen LogP contribution in [0.25, 0.3) is 0 Å². The van der Waals surface area contributed by atoms with Gasteiger partial charge in [-0.05, 0) is 66.8 Å². The number of carbonyl (C=O) groups is 2. The number of benzene rings is 2. The summed E-state index contributed by atoms with van der Waals surface area (Å²) in [6, 6.07) is 12.1. The minimum atomic E-state index is -0.461. The van der Waals surface area contributed by atoms with Gasteiger partial charge in [-0.3, -0.25) is 4.79 Å². The number of ketones is 1. The lowest BCUT2D eigenvalue weighted by molar-refractivity contribution is 0.0474. The van der Waals surface area contributed by atoms with Crippen molar-refractivity contribution in [1.82, 2.24) is 0 Å². The predicted octanol–water partition coefficient (Wildman–Crippen LogP) is 3.87. The van der Waals surface area contributed by atoms with Crippen molar-refractivity contribution in [2.75, 3.05) is 6.61 Å². The first kappa shape index (κ1) is 14.8. The summed E-state index contributed by atoms with van der Waals surface area (Å²) < 4.78 is 5.11. The molecular weight excluding hydrogens is 300 g/mol. The highest BCUT2D eigenvalue weighted by Gasteiger charge is 2.16. The first-order valence-corrected chi connectivity index (χ1v) is 7.59. The van der Waals surface area contributed by atoms with E-state index in [1.165, 1.54) is 11.1 Å². The normalized spacial score (nSPS) is 12.8. The lowest BCUT2D eigenvalue weighted by Gasteiger charge is -2.06. The van der Waals surface area contributed by atoms with E-state index in [1.807, 2.05) is 12.1 Å². The molecule has 22 heavy (non-hydrogen) atoms. The molecule has 0 amide bonds. The first-order valence-electron chi connectivity index (χ1n) is 7.21. The summed E-state index contributed by atoms with van der Waals surface area (Å²) in [6.07, 6.45) is 3.20. The van der Waals surface area contributed by atoms with Gasteiger partial charge in [0, 0.05) is 10.6 Å². The van der Waals surface area contributed by atoms with Crippen LogP contribution in [-0.2, 0) is 17.6 Å². The van der Waals surface area contributed by atoms with Crippen molar-refractivity contribution in [2.24, 2.45) is 0 Å². The van der Waals surface area contributed by atoms with Crippen LogP contribution in [-0.4, -0.2) is 18.4 Å². The highest BCUT2D eigenvalue weighted by Crippen LogP contribution is 2.23. The summed E-state index contributed by atoms with van der Waals surface area (Å²) >= 11 is 5.77. The van der Waals surface area contributed by atoms with Crippen LogP contribution < -0.4 is 0 Å². The smallest absolute Gasteiger partial charge is 0.338 e. The molecule has 0 aliphatic heterocycles. The van der Waals surface area contributed by atoms with Gasteiger partial charge < -0.3 is 4.74 Å². The zero-order valence-electron chi connectivity index (χ0n) is 12.0. The molecule has 3 nitrogen and oxygen atoms in total. The lowest BCUT2D eigenvalue weighted by atomic mass is 10.1. The topological polar surface area (TPSA) is 43.4 Å². The van der Waals surface area contributed by atoms with Crippen LogP contribution in [0.2, 0.25) is 5.02 Å². The summed E-state index contributed by atoms with van der Waals surface area (Å²) in [5.41, 5.74) is 3.49. The molecular formula is C18H15ClO3. The fraction of sp³-hybridized carbons (Fsp3) is 0.222. The Morgan fingerprint density at radius 1 is 0.955 bits per heavy atom. The summed E-state index contributed by atoms with van der Waals surface area (Å²) in [5, 5.41) is 0.562. The van der Waals surface area contributed by atoms with Crippen molar-refractivity contribution in [3.63, 3.8) is 0 Å². The number of carbonyl (C=O) groups excluding carboxylic acids is 2. The van der Waals surface area contributed by atoms with E-state index in [0.29, 0.717) is 16.1 Å². The molecule has 0 N–H and O–H groups in total. The summed E-state index contributed by atoms with van der Waals surface area (Å²) in [6.45, 7) is -0.266. The molecule has 0 saturated carbocycles. The molecule has 3 rings (SSSR count). The number of hydrogen-bond acceptors (Lipinski definition) is 3. The second-order valence-electron chi connectivity index (χ2n) is 5.34. The van der Waals surface area contributed by atoms with Crippen LogP contribution in [0.1, 0.15) is 38.3 Å². The van der Waals surface area contributed by atoms with E-state index >= 15 is 0 Å². The third-order valence-electron chi connectivity index (χ3n) is 3.83. The summed E-state index contributed by atoms with van der Waals surface area (Å²) in [5.74, 6) is -0.705. The molecule has 0 saturated heterocycles. The molecule has 0 radical (unpaired) electrons. The molecule has 2 aromatic rings. The molecule has 0 aromatic heterocycles. The highest BCUT2D eigenvalue weighted by atomic mass is 35.5. The second-order valence-corrected chi connectivity index (χ2v) is 5.78. The Kier molecular flexibility index (Phi) is 4.25. The lowest BCUT2D eigenvalue weighted by Crippen LogP contribution is -2.14. The largest absolute Gasteiger partial charge is 0.454 e. The van der Waals surface area contributed by atoms with Gasteiger partial charge in [0.05, 0.1) is 5.56 Å². The van der Waals surface area contributed by atoms with E-state index in [1.54, 1.807) is 30.3 Å². The Bertz CT molecular complexity index is 720. The van der Waals surface area contributed by atoms with Crippen molar-refractivity contribution in [1.29, 1.82) is 0 Å². The number of ether oxygens (including phenoxy) is 1. The van der Waals surface area contributed by atoms with Crippen molar-refractivity contribution in [3.8, 4) is 0 Å². The Labute approximate surface area is 133 Å². The second kappa shape index (κ2) is 6.32. The number of rotatable bonds is 4. The van der Waals surface area contributed by atoms with Crippen molar-refractivity contribution < 1.29 is 14.3 Å². The highest BCUT2D eigenvalue weighted by molar-refractivity contribution is 6.30. The molecule has 2 aromatic carbocycles. The Morgan fingerprint density at radius 2 is 1.64 bits per heavy atom. The molecule has 112 valence electrons. The quantitative estimate of drug-likeness (QED) is 0.635. The molecule has 0 fully saturated rings. The number of aryl methyl sites for hydroxylation is 2. The standard InChI is InChI=1S/C18H15ClO3/c19-16-8-6-13(7-9-16)17(20)11-22-18(21)15-5-4-12-2-1-3-14(12)10-15/h4-10H,1-3,11H2. The van der Waals surface area contributed by atoms with Crippen LogP contribution >= 0.6 is 11.6 Å². The van der Waals surface area contributed by atoms with E-state index in [-0.39, 0.29) is 12.4 Å². The SMILES string of the molecule is O=C(COC(=O)c1ccc2c(c1)CCC2)c1ccc(Cl)cc1. The molecule has 0 bridgehead atoms. The van der Waals surface area contributed by atoms with Crippen LogP contribution in [0.3, 0.4) is 0 Å². The maximum absolute atomic E-state index is 12.0. The van der Waals surface area contributed by atoms with Crippen LogP contribution in [0, 0.1) is 0 Å². The molecule has 0 unspecified atom stereocenters. The monoisotopic (exact) mass is 314 g/mol. The average molecular weight is 315 g/mol. The van der Waals surface area contributed by atoms with Gasteiger partial charge >= 0.3 is 5.97 Å². The zero-order valence-corrected chi connectivity index (χ0v) is 12.7. The fourth-order valence-electron chi connectivity index (χ4n) is 2.63. The van der Waals surface area contributed by atoms with Gasteiger partial charge in [0.2, 0.25) is 0 Å². The molecule has 1 aliphatic rings. The number of hydrogen-bond donors (Lipinski definition) is 0. The maximum atomic E-state index is 12.0. The third-order valence-corrected chi connectivity index (χ3v) is 4.09. The molecule has 0 atom stereocenters. The zero-order chi connectivity index (χ0) is 15.5. The molecule has 0 heterocycles. The van der Waals surface area contributed by atoms with Crippen molar-refractivity contribution >= 4 is 23.4 Å². The fourth-order valence-corrected chi connectivity index (χ4v) is 2.76. The number of halogens is 1. The summed E-state index contributed by atoms with van der Waals surface area (Å²) in [4.78, 5) is 24.0. The molecule has 4 heteroatoms. The number of esters is 1.